The van der Waals surface area contributed by atoms with E-state index in [4.69, 9.17) is 4.74 Å². The normalized spacial score (nSPS) is 10.6. The Balaban J connectivity index is 1.88. The predicted molar refractivity (Wildman–Crippen MR) is 101 cm³/mol. The number of carbonyl (C=O) groups excluding carboxylic acids is 1. The number of allylic oxidation sites excluding steroid dienone is 2. The van der Waals surface area contributed by atoms with E-state index < -0.39 is 0 Å². The minimum absolute atomic E-state index is 0.264. The Labute approximate surface area is 149 Å². The van der Waals surface area contributed by atoms with E-state index in [0.29, 0.717) is 19.4 Å². The third kappa shape index (κ3) is 6.68. The minimum atomic E-state index is -0.366. The van der Waals surface area contributed by atoms with Gasteiger partial charge in [-0.05, 0) is 55.2 Å². The van der Waals surface area contributed by atoms with Crippen molar-refractivity contribution in [3.05, 3.63) is 82.9 Å². The van der Waals surface area contributed by atoms with Crippen LogP contribution in [0.5, 0.6) is 5.75 Å². The first-order chi connectivity index (χ1) is 12.0. The maximum atomic E-state index is 11.8. The second kappa shape index (κ2) is 9.48. The Kier molecular flexibility index (Phi) is 7.02. The molecule has 0 amide bonds. The summed E-state index contributed by atoms with van der Waals surface area (Å²) >= 11 is 0. The number of hydrogen-bond acceptors (Lipinski definition) is 3. The van der Waals surface area contributed by atoms with Gasteiger partial charge in [0.2, 0.25) is 0 Å². The molecule has 2 rings (SSSR count). The summed E-state index contributed by atoms with van der Waals surface area (Å²) in [6.07, 6.45) is 6.54. The Hall–Kier alpha value is -2.81. The Morgan fingerprint density at radius 2 is 1.88 bits per heavy atom. The number of benzene rings is 2. The summed E-state index contributed by atoms with van der Waals surface area (Å²) in [6.45, 7) is 4.40. The highest BCUT2D eigenvalue weighted by Crippen LogP contribution is 2.20. The van der Waals surface area contributed by atoms with Gasteiger partial charge in [-0.3, -0.25) is 0 Å². The van der Waals surface area contributed by atoms with Gasteiger partial charge < -0.3 is 9.84 Å². The number of aromatic hydroxyl groups is 1. The molecule has 3 heteroatoms. The molecule has 0 bridgehead atoms. The SMILES string of the molecule is CC(C)=CCc1cc(/C=C/C(=O)OCCc2ccccc2)ccc1O. The highest BCUT2D eigenvalue weighted by molar-refractivity contribution is 5.87. The lowest BCUT2D eigenvalue weighted by Crippen LogP contribution is -2.04. The van der Waals surface area contributed by atoms with Crippen molar-refractivity contribution in [2.45, 2.75) is 26.7 Å². The quantitative estimate of drug-likeness (QED) is 0.453. The van der Waals surface area contributed by atoms with Crippen molar-refractivity contribution in [3.63, 3.8) is 0 Å². The van der Waals surface area contributed by atoms with Gasteiger partial charge in [0.1, 0.15) is 5.75 Å². The van der Waals surface area contributed by atoms with Gasteiger partial charge in [-0.15, -0.1) is 0 Å². The van der Waals surface area contributed by atoms with Crippen molar-refractivity contribution in [1.29, 1.82) is 0 Å². The molecule has 0 unspecified atom stereocenters. The zero-order valence-corrected chi connectivity index (χ0v) is 14.7. The van der Waals surface area contributed by atoms with Crippen LogP contribution in [0.15, 0.2) is 66.3 Å². The van der Waals surface area contributed by atoms with Gasteiger partial charge in [-0.25, -0.2) is 4.79 Å². The maximum absolute atomic E-state index is 11.8. The van der Waals surface area contributed by atoms with Crippen LogP contribution in [0, 0.1) is 0 Å². The molecule has 25 heavy (non-hydrogen) atoms. The number of phenols is 1. The van der Waals surface area contributed by atoms with Crippen LogP contribution >= 0.6 is 0 Å². The molecule has 0 heterocycles. The summed E-state index contributed by atoms with van der Waals surface area (Å²) in [5.41, 5.74) is 4.03. The second-order valence-electron chi connectivity index (χ2n) is 6.11. The first kappa shape index (κ1) is 18.5. The van der Waals surface area contributed by atoms with E-state index in [1.54, 1.807) is 18.2 Å². The van der Waals surface area contributed by atoms with Crippen molar-refractivity contribution in [2.24, 2.45) is 0 Å². The van der Waals surface area contributed by atoms with Crippen LogP contribution in [0.25, 0.3) is 6.08 Å². The second-order valence-corrected chi connectivity index (χ2v) is 6.11. The van der Waals surface area contributed by atoms with Crippen LogP contribution < -0.4 is 0 Å². The van der Waals surface area contributed by atoms with Crippen LogP contribution in [0.1, 0.15) is 30.5 Å². The van der Waals surface area contributed by atoms with Gasteiger partial charge >= 0.3 is 5.97 Å². The summed E-state index contributed by atoms with van der Waals surface area (Å²) in [5, 5.41) is 9.90. The van der Waals surface area contributed by atoms with Crippen LogP contribution in [-0.2, 0) is 22.4 Å². The first-order valence-electron chi connectivity index (χ1n) is 8.38. The van der Waals surface area contributed by atoms with Gasteiger partial charge in [0, 0.05) is 12.5 Å². The third-order valence-electron chi connectivity index (χ3n) is 3.72. The molecule has 0 atom stereocenters. The number of rotatable bonds is 7. The summed E-state index contributed by atoms with van der Waals surface area (Å²) in [4.78, 5) is 11.8. The number of ether oxygens (including phenoxy) is 1. The molecule has 0 saturated carbocycles. The zero-order valence-electron chi connectivity index (χ0n) is 14.7. The average Bonchev–Trinajstić information content (AvgIpc) is 2.60. The van der Waals surface area contributed by atoms with E-state index in [2.05, 4.69) is 6.08 Å². The molecule has 0 spiro atoms. The summed E-state index contributed by atoms with van der Waals surface area (Å²) in [5.74, 6) is -0.102. The van der Waals surface area contributed by atoms with Crippen molar-refractivity contribution < 1.29 is 14.6 Å². The molecular weight excluding hydrogens is 312 g/mol. The standard InChI is InChI=1S/C22H24O3/c1-17(2)8-11-20-16-19(9-12-21(20)23)10-13-22(24)25-15-14-18-6-4-3-5-7-18/h3-10,12-13,16,23H,11,14-15H2,1-2H3/b13-10+. The highest BCUT2D eigenvalue weighted by atomic mass is 16.5. The Morgan fingerprint density at radius 3 is 2.60 bits per heavy atom. The lowest BCUT2D eigenvalue weighted by Gasteiger charge is -2.04. The van der Waals surface area contributed by atoms with Gasteiger partial charge in [-0.1, -0.05) is 48.0 Å². The number of hydrogen-bond donors (Lipinski definition) is 1. The van der Waals surface area contributed by atoms with E-state index in [0.717, 1.165) is 16.7 Å². The fourth-order valence-corrected chi connectivity index (χ4v) is 2.31. The van der Waals surface area contributed by atoms with Gasteiger partial charge in [0.05, 0.1) is 6.61 Å². The van der Waals surface area contributed by atoms with E-state index >= 15 is 0 Å². The smallest absolute Gasteiger partial charge is 0.330 e. The monoisotopic (exact) mass is 336 g/mol. The molecule has 0 radical (unpaired) electrons. The van der Waals surface area contributed by atoms with Crippen LogP contribution in [-0.4, -0.2) is 17.7 Å². The molecular formula is C22H24O3. The molecule has 0 aromatic heterocycles. The highest BCUT2D eigenvalue weighted by Gasteiger charge is 2.02. The number of phenolic OH excluding ortho intramolecular Hbond substituents is 1. The average molecular weight is 336 g/mol. The minimum Gasteiger partial charge on any atom is -0.508 e. The molecule has 0 aliphatic rings. The lowest BCUT2D eigenvalue weighted by atomic mass is 10.1. The summed E-state index contributed by atoms with van der Waals surface area (Å²) < 4.78 is 5.22. The molecule has 0 fully saturated rings. The van der Waals surface area contributed by atoms with Crippen molar-refractivity contribution in [2.75, 3.05) is 6.61 Å². The molecule has 2 aromatic carbocycles. The Morgan fingerprint density at radius 1 is 1.12 bits per heavy atom. The molecule has 2 aromatic rings. The summed E-state index contributed by atoms with van der Waals surface area (Å²) in [6, 6.07) is 15.2. The van der Waals surface area contributed by atoms with Gasteiger partial charge in [-0.2, -0.15) is 0 Å². The molecule has 1 N–H and O–H groups in total. The van der Waals surface area contributed by atoms with E-state index in [1.165, 1.54) is 11.6 Å². The fourth-order valence-electron chi connectivity index (χ4n) is 2.31. The number of carbonyl (C=O) groups is 1. The van der Waals surface area contributed by atoms with Gasteiger partial charge in [0.25, 0.3) is 0 Å². The molecule has 0 aliphatic carbocycles. The van der Waals surface area contributed by atoms with Crippen LogP contribution in [0.2, 0.25) is 0 Å². The molecule has 3 nitrogen and oxygen atoms in total. The van der Waals surface area contributed by atoms with Crippen LogP contribution in [0.4, 0.5) is 0 Å². The Bertz CT molecular complexity index is 754. The van der Waals surface area contributed by atoms with E-state index in [1.807, 2.05) is 50.2 Å². The van der Waals surface area contributed by atoms with Gasteiger partial charge in [0.15, 0.2) is 0 Å². The first-order valence-corrected chi connectivity index (χ1v) is 8.38. The lowest BCUT2D eigenvalue weighted by molar-refractivity contribution is -0.137. The molecule has 0 aliphatic heterocycles. The fraction of sp³-hybridized carbons (Fsp3) is 0.227. The largest absolute Gasteiger partial charge is 0.508 e. The van der Waals surface area contributed by atoms with Crippen LogP contribution in [0.3, 0.4) is 0 Å². The van der Waals surface area contributed by atoms with Crippen molar-refractivity contribution in [3.8, 4) is 5.75 Å². The van der Waals surface area contributed by atoms with E-state index in [9.17, 15) is 9.90 Å². The van der Waals surface area contributed by atoms with Crippen molar-refractivity contribution in [1.82, 2.24) is 0 Å². The predicted octanol–water partition coefficient (Wildman–Crippen LogP) is 4.70. The molecule has 130 valence electrons. The summed E-state index contributed by atoms with van der Waals surface area (Å²) in [7, 11) is 0. The third-order valence-corrected chi connectivity index (χ3v) is 3.72. The molecule has 0 saturated heterocycles. The zero-order chi connectivity index (χ0) is 18.1. The maximum Gasteiger partial charge on any atom is 0.330 e. The van der Waals surface area contributed by atoms with E-state index in [-0.39, 0.29) is 11.7 Å². The number of esters is 1. The van der Waals surface area contributed by atoms with Crippen molar-refractivity contribution >= 4 is 12.0 Å². The topological polar surface area (TPSA) is 46.5 Å².